The first-order chi connectivity index (χ1) is 10.2. The van der Waals surface area contributed by atoms with Crippen molar-refractivity contribution in [1.29, 1.82) is 0 Å². The molecule has 0 amide bonds. The molecule has 0 aliphatic carbocycles. The van der Waals surface area contributed by atoms with Crippen LogP contribution in [-0.4, -0.2) is 44.3 Å². The first-order valence-electron chi connectivity index (χ1n) is 7.62. The predicted octanol–water partition coefficient (Wildman–Crippen LogP) is 2.90. The summed E-state index contributed by atoms with van der Waals surface area (Å²) in [7, 11) is 1.78. The van der Waals surface area contributed by atoms with Crippen LogP contribution in [0.15, 0.2) is 4.99 Å². The second kappa shape index (κ2) is 13.1. The zero-order chi connectivity index (χ0) is 15.5. The van der Waals surface area contributed by atoms with E-state index in [4.69, 9.17) is 4.74 Å². The molecule has 0 radical (unpaired) electrons. The number of unbranched alkanes of at least 4 members (excludes halogenated alkanes) is 1. The number of aliphatic imine (C=N–C) groups is 1. The van der Waals surface area contributed by atoms with Crippen molar-refractivity contribution in [2.75, 3.05) is 33.4 Å². The molecule has 0 aromatic carbocycles. The van der Waals surface area contributed by atoms with Gasteiger partial charge < -0.3 is 15.4 Å². The fraction of sp³-hybridized carbons (Fsp3) is 0.733. The van der Waals surface area contributed by atoms with E-state index >= 15 is 0 Å². The number of nitrogens with one attached hydrogen (secondary N) is 2. The standard InChI is InChI=1S/C15H28N4OS.HI/c1-5-6-10-20-11-9-18-15(16-4)17-8-7-14-19-12(2)13(3)21-14;/h5-11H2,1-4H3,(H2,16,17,18);1H. The normalized spacial score (nSPS) is 11.2. The van der Waals surface area contributed by atoms with E-state index in [1.807, 2.05) is 0 Å². The van der Waals surface area contributed by atoms with Crippen molar-refractivity contribution in [3.63, 3.8) is 0 Å². The van der Waals surface area contributed by atoms with Crippen LogP contribution in [-0.2, 0) is 11.2 Å². The molecule has 0 unspecified atom stereocenters. The number of guanidine groups is 1. The van der Waals surface area contributed by atoms with Gasteiger partial charge in [0, 0.05) is 38.0 Å². The van der Waals surface area contributed by atoms with E-state index in [0.29, 0.717) is 6.61 Å². The van der Waals surface area contributed by atoms with Crippen LogP contribution < -0.4 is 10.6 Å². The molecule has 1 heterocycles. The summed E-state index contributed by atoms with van der Waals surface area (Å²) in [5, 5.41) is 7.72. The SMILES string of the molecule is CCCCOCCNC(=NC)NCCc1nc(C)c(C)s1.I. The summed E-state index contributed by atoms with van der Waals surface area (Å²) in [6.45, 7) is 9.50. The van der Waals surface area contributed by atoms with Gasteiger partial charge in [0.2, 0.25) is 0 Å². The van der Waals surface area contributed by atoms with Gasteiger partial charge in [0.15, 0.2) is 5.96 Å². The van der Waals surface area contributed by atoms with Crippen molar-refractivity contribution >= 4 is 41.3 Å². The molecule has 0 atom stereocenters. The summed E-state index contributed by atoms with van der Waals surface area (Å²) < 4.78 is 5.51. The molecule has 1 aromatic heterocycles. The van der Waals surface area contributed by atoms with Crippen molar-refractivity contribution in [2.24, 2.45) is 4.99 Å². The lowest BCUT2D eigenvalue weighted by Gasteiger charge is -2.11. The number of aromatic nitrogens is 1. The minimum Gasteiger partial charge on any atom is -0.380 e. The van der Waals surface area contributed by atoms with Gasteiger partial charge in [0.1, 0.15) is 0 Å². The average molecular weight is 440 g/mol. The van der Waals surface area contributed by atoms with Crippen LogP contribution in [0.5, 0.6) is 0 Å². The average Bonchev–Trinajstić information content (AvgIpc) is 2.79. The molecule has 5 nitrogen and oxygen atoms in total. The minimum atomic E-state index is 0. The van der Waals surface area contributed by atoms with Crippen LogP contribution in [0.1, 0.15) is 35.3 Å². The summed E-state index contributed by atoms with van der Waals surface area (Å²) in [4.78, 5) is 10.0. The Kier molecular flexibility index (Phi) is 12.8. The lowest BCUT2D eigenvalue weighted by Crippen LogP contribution is -2.39. The lowest BCUT2D eigenvalue weighted by atomic mass is 10.4. The molecule has 0 fully saturated rings. The first-order valence-corrected chi connectivity index (χ1v) is 8.44. The highest BCUT2D eigenvalue weighted by Gasteiger charge is 2.03. The van der Waals surface area contributed by atoms with E-state index in [9.17, 15) is 0 Å². The summed E-state index contributed by atoms with van der Waals surface area (Å²) in [6.07, 6.45) is 3.22. The molecule has 0 aliphatic rings. The van der Waals surface area contributed by atoms with Crippen LogP contribution >= 0.6 is 35.3 Å². The number of nitrogens with zero attached hydrogens (tertiary/aromatic N) is 2. The summed E-state index contributed by atoms with van der Waals surface area (Å²) >= 11 is 1.77. The summed E-state index contributed by atoms with van der Waals surface area (Å²) in [5.41, 5.74) is 1.14. The third kappa shape index (κ3) is 8.89. The molecule has 1 rings (SSSR count). The first kappa shape index (κ1) is 21.6. The molecule has 22 heavy (non-hydrogen) atoms. The molecule has 2 N–H and O–H groups in total. The molecule has 7 heteroatoms. The van der Waals surface area contributed by atoms with E-state index in [1.165, 1.54) is 16.3 Å². The van der Waals surface area contributed by atoms with Gasteiger partial charge >= 0.3 is 0 Å². The molecule has 0 spiro atoms. The summed E-state index contributed by atoms with van der Waals surface area (Å²) in [6, 6.07) is 0. The molecular weight excluding hydrogens is 411 g/mol. The zero-order valence-electron chi connectivity index (χ0n) is 14.1. The van der Waals surface area contributed by atoms with Gasteiger partial charge in [-0.3, -0.25) is 4.99 Å². The number of halogens is 1. The second-order valence-corrected chi connectivity index (χ2v) is 6.18. The Bertz CT molecular complexity index is 418. The van der Waals surface area contributed by atoms with Gasteiger partial charge in [-0.25, -0.2) is 4.98 Å². The quantitative estimate of drug-likeness (QED) is 0.268. The van der Waals surface area contributed by atoms with Gasteiger partial charge in [-0.05, 0) is 20.3 Å². The number of aryl methyl sites for hydroxylation is 2. The van der Waals surface area contributed by atoms with Gasteiger partial charge in [-0.2, -0.15) is 0 Å². The van der Waals surface area contributed by atoms with Gasteiger partial charge in [-0.1, -0.05) is 13.3 Å². The Morgan fingerprint density at radius 2 is 1.95 bits per heavy atom. The van der Waals surface area contributed by atoms with E-state index in [-0.39, 0.29) is 24.0 Å². The maximum absolute atomic E-state index is 5.51. The number of hydrogen-bond acceptors (Lipinski definition) is 4. The Morgan fingerprint density at radius 3 is 2.55 bits per heavy atom. The van der Waals surface area contributed by atoms with Crippen molar-refractivity contribution in [2.45, 2.75) is 40.0 Å². The fourth-order valence-corrected chi connectivity index (χ4v) is 2.68. The maximum atomic E-state index is 5.51. The smallest absolute Gasteiger partial charge is 0.191 e. The lowest BCUT2D eigenvalue weighted by molar-refractivity contribution is 0.136. The van der Waals surface area contributed by atoms with Gasteiger partial charge in [0.25, 0.3) is 0 Å². The van der Waals surface area contributed by atoms with Crippen LogP contribution in [0.3, 0.4) is 0 Å². The molecule has 128 valence electrons. The Hall–Kier alpha value is -0.410. The number of ether oxygens (including phenoxy) is 1. The highest BCUT2D eigenvalue weighted by molar-refractivity contribution is 14.0. The van der Waals surface area contributed by atoms with Crippen LogP contribution in [0.25, 0.3) is 0 Å². The Balaban J connectivity index is 0.00000441. The number of rotatable bonds is 9. The monoisotopic (exact) mass is 440 g/mol. The van der Waals surface area contributed by atoms with Crippen molar-refractivity contribution in [3.8, 4) is 0 Å². The Morgan fingerprint density at radius 1 is 1.23 bits per heavy atom. The molecule has 0 saturated heterocycles. The highest BCUT2D eigenvalue weighted by atomic mass is 127. The highest BCUT2D eigenvalue weighted by Crippen LogP contribution is 2.16. The fourth-order valence-electron chi connectivity index (χ4n) is 1.74. The zero-order valence-corrected chi connectivity index (χ0v) is 17.2. The van der Waals surface area contributed by atoms with Crippen LogP contribution in [0.2, 0.25) is 0 Å². The molecule has 0 aliphatic heterocycles. The molecule has 0 saturated carbocycles. The second-order valence-electron chi connectivity index (χ2n) is 4.89. The van der Waals surface area contributed by atoms with Gasteiger partial charge in [-0.15, -0.1) is 35.3 Å². The molecular formula is C15H29IN4OS. The van der Waals surface area contributed by atoms with E-state index in [0.717, 1.165) is 44.2 Å². The number of hydrogen-bond donors (Lipinski definition) is 2. The van der Waals surface area contributed by atoms with E-state index < -0.39 is 0 Å². The van der Waals surface area contributed by atoms with Gasteiger partial charge in [0.05, 0.1) is 17.3 Å². The third-order valence-electron chi connectivity index (χ3n) is 3.11. The largest absolute Gasteiger partial charge is 0.380 e. The van der Waals surface area contributed by atoms with E-state index in [2.05, 4.69) is 41.4 Å². The van der Waals surface area contributed by atoms with Crippen molar-refractivity contribution in [3.05, 3.63) is 15.6 Å². The number of thiazole rings is 1. The maximum Gasteiger partial charge on any atom is 0.191 e. The van der Waals surface area contributed by atoms with Crippen molar-refractivity contribution in [1.82, 2.24) is 15.6 Å². The third-order valence-corrected chi connectivity index (χ3v) is 4.24. The molecule has 1 aromatic rings. The van der Waals surface area contributed by atoms with E-state index in [1.54, 1.807) is 18.4 Å². The van der Waals surface area contributed by atoms with Crippen LogP contribution in [0, 0.1) is 13.8 Å². The predicted molar refractivity (Wildman–Crippen MR) is 106 cm³/mol. The topological polar surface area (TPSA) is 58.5 Å². The molecule has 0 bridgehead atoms. The minimum absolute atomic E-state index is 0. The van der Waals surface area contributed by atoms with Crippen LogP contribution in [0.4, 0.5) is 0 Å². The Labute approximate surface area is 155 Å². The summed E-state index contributed by atoms with van der Waals surface area (Å²) in [5.74, 6) is 0.819. The van der Waals surface area contributed by atoms with Crippen molar-refractivity contribution < 1.29 is 4.74 Å².